The number of rotatable bonds is 3. The fourth-order valence-corrected chi connectivity index (χ4v) is 6.14. The Morgan fingerprint density at radius 3 is 2.52 bits per heavy atom. The zero-order valence-electron chi connectivity index (χ0n) is 15.4. The molecule has 4 aliphatic rings. The summed E-state index contributed by atoms with van der Waals surface area (Å²) in [6, 6.07) is 8.62. The summed E-state index contributed by atoms with van der Waals surface area (Å²) >= 11 is 0. The Bertz CT molecular complexity index is 851. The van der Waals surface area contributed by atoms with Crippen LogP contribution < -0.4 is 0 Å². The summed E-state index contributed by atoms with van der Waals surface area (Å²) in [5, 5.41) is 1.33. The number of nitrogens with zero attached hydrogens (tertiary/aromatic N) is 2. The summed E-state index contributed by atoms with van der Waals surface area (Å²) in [5.74, 6) is 0.531. The lowest BCUT2D eigenvalue weighted by Gasteiger charge is -2.65. The van der Waals surface area contributed by atoms with E-state index in [1.165, 1.54) is 22.2 Å². The number of H-pyrrole nitrogens is 1. The van der Waals surface area contributed by atoms with Crippen LogP contribution in [-0.2, 0) is 4.79 Å². The number of nitrogens with one attached hydrogen (secondary N) is 1. The first-order valence-corrected chi connectivity index (χ1v) is 9.58. The Morgan fingerprint density at radius 2 is 1.84 bits per heavy atom. The van der Waals surface area contributed by atoms with Crippen molar-refractivity contribution in [3.63, 3.8) is 0 Å². The summed E-state index contributed by atoms with van der Waals surface area (Å²) < 4.78 is 0. The summed E-state index contributed by atoms with van der Waals surface area (Å²) in [6.07, 6.45) is 2.41. The number of piperidine rings is 2. The zero-order valence-corrected chi connectivity index (χ0v) is 15.4. The van der Waals surface area contributed by atoms with Crippen LogP contribution in [0.4, 0.5) is 0 Å². The van der Waals surface area contributed by atoms with Gasteiger partial charge in [-0.05, 0) is 19.4 Å². The first-order chi connectivity index (χ1) is 12.0. The predicted octanol–water partition coefficient (Wildman–Crippen LogP) is 3.48. The molecule has 4 fully saturated rings. The molecule has 6 rings (SSSR count). The van der Waals surface area contributed by atoms with E-state index in [1.807, 2.05) is 0 Å². The van der Waals surface area contributed by atoms with Gasteiger partial charge >= 0.3 is 0 Å². The normalized spacial score (nSPS) is 39.5. The number of hydrogen-bond donors (Lipinski definition) is 1. The van der Waals surface area contributed by atoms with Crippen molar-refractivity contribution in [3.05, 3.63) is 35.5 Å². The van der Waals surface area contributed by atoms with Crippen molar-refractivity contribution in [1.29, 1.82) is 0 Å². The first-order valence-electron chi connectivity index (χ1n) is 9.58. The second kappa shape index (κ2) is 4.95. The van der Waals surface area contributed by atoms with Crippen molar-refractivity contribution in [2.24, 2.45) is 10.8 Å². The van der Waals surface area contributed by atoms with Crippen LogP contribution in [0.25, 0.3) is 10.9 Å². The van der Waals surface area contributed by atoms with E-state index in [2.05, 4.69) is 59.8 Å². The number of para-hydroxylation sites is 1. The molecule has 1 aromatic heterocycles. The van der Waals surface area contributed by atoms with Crippen LogP contribution in [-0.4, -0.2) is 46.7 Å². The Kier molecular flexibility index (Phi) is 3.09. The topological polar surface area (TPSA) is 39.3 Å². The van der Waals surface area contributed by atoms with Crippen LogP contribution >= 0.6 is 0 Å². The van der Waals surface area contributed by atoms with Crippen molar-refractivity contribution >= 4 is 16.7 Å². The molecule has 0 amide bonds. The molecule has 1 N–H and O–H groups in total. The highest BCUT2D eigenvalue weighted by Gasteiger charge is 2.63. The van der Waals surface area contributed by atoms with E-state index in [-0.39, 0.29) is 10.8 Å². The largest absolute Gasteiger partial charge is 0.358 e. The molecule has 4 aliphatic heterocycles. The predicted molar refractivity (Wildman–Crippen MR) is 99.4 cm³/mol. The van der Waals surface area contributed by atoms with Crippen molar-refractivity contribution < 1.29 is 4.79 Å². The highest BCUT2D eigenvalue weighted by Crippen LogP contribution is 2.54. The quantitative estimate of drug-likeness (QED) is 0.932. The molecule has 4 bridgehead atoms. The van der Waals surface area contributed by atoms with E-state index in [9.17, 15) is 4.79 Å². The first kappa shape index (κ1) is 15.6. The molecule has 0 saturated carbocycles. The van der Waals surface area contributed by atoms with Crippen molar-refractivity contribution in [3.8, 4) is 0 Å². The van der Waals surface area contributed by atoms with Crippen LogP contribution in [0.15, 0.2) is 24.3 Å². The average molecular weight is 337 g/mol. The Morgan fingerprint density at radius 1 is 1.16 bits per heavy atom. The number of aryl methyl sites for hydroxylation is 1. The van der Waals surface area contributed by atoms with Gasteiger partial charge in [0.2, 0.25) is 0 Å². The highest BCUT2D eigenvalue weighted by molar-refractivity contribution is 5.93. The number of ketones is 1. The van der Waals surface area contributed by atoms with Gasteiger partial charge in [-0.25, -0.2) is 0 Å². The number of aromatic nitrogens is 1. The van der Waals surface area contributed by atoms with Crippen LogP contribution in [0.5, 0.6) is 0 Å². The molecule has 0 aliphatic carbocycles. The third-order valence-electron chi connectivity index (χ3n) is 6.77. The number of hydrogen-bond acceptors (Lipinski definition) is 3. The molecule has 2 atom stereocenters. The molecule has 4 heteroatoms. The average Bonchev–Trinajstić information content (AvgIpc) is 2.88. The van der Waals surface area contributed by atoms with Crippen LogP contribution in [0.1, 0.15) is 44.1 Å². The maximum absolute atomic E-state index is 13.2. The Balaban J connectivity index is 1.63. The third-order valence-corrected chi connectivity index (χ3v) is 6.77. The molecule has 25 heavy (non-hydrogen) atoms. The summed E-state index contributed by atoms with van der Waals surface area (Å²) in [4.78, 5) is 22.0. The lowest BCUT2D eigenvalue weighted by Crippen LogP contribution is -2.76. The fourth-order valence-electron chi connectivity index (χ4n) is 6.14. The highest BCUT2D eigenvalue weighted by atomic mass is 16.1. The minimum Gasteiger partial charge on any atom is -0.358 e. The molecule has 5 heterocycles. The van der Waals surface area contributed by atoms with Gasteiger partial charge in [0.1, 0.15) is 5.78 Å². The van der Waals surface area contributed by atoms with Gasteiger partial charge in [0.05, 0.1) is 17.0 Å². The summed E-state index contributed by atoms with van der Waals surface area (Å²) in [5.41, 5.74) is 3.56. The SMILES string of the molecule is CCCC12CN3CC(C)(CN(C1)C3c1c(C)[nH]c3ccccc13)C2=O. The van der Waals surface area contributed by atoms with Gasteiger partial charge in [-0.1, -0.05) is 38.5 Å². The lowest BCUT2D eigenvalue weighted by atomic mass is 9.59. The van der Waals surface area contributed by atoms with E-state index in [4.69, 9.17) is 0 Å². The third kappa shape index (κ3) is 1.92. The van der Waals surface area contributed by atoms with E-state index in [0.717, 1.165) is 39.0 Å². The van der Waals surface area contributed by atoms with Crippen LogP contribution in [0.3, 0.4) is 0 Å². The Labute approximate surface area is 149 Å². The lowest BCUT2D eigenvalue weighted by molar-refractivity contribution is -0.201. The number of Topliss-reactive ketones (excluding diaryl/α,β-unsaturated/α-hetero) is 1. The molecule has 2 unspecified atom stereocenters. The molecule has 1 aromatic carbocycles. The van der Waals surface area contributed by atoms with Gasteiger partial charge in [-0.2, -0.15) is 0 Å². The summed E-state index contributed by atoms with van der Waals surface area (Å²) in [7, 11) is 0. The second-order valence-corrected chi connectivity index (χ2v) is 8.81. The van der Waals surface area contributed by atoms with Crippen LogP contribution in [0, 0.1) is 17.8 Å². The number of carbonyl (C=O) groups excluding carboxylic acids is 1. The van der Waals surface area contributed by atoms with E-state index < -0.39 is 0 Å². The molecule has 2 aromatic rings. The van der Waals surface area contributed by atoms with Crippen molar-refractivity contribution in [2.75, 3.05) is 26.2 Å². The minimum atomic E-state index is -0.192. The number of benzene rings is 1. The monoisotopic (exact) mass is 337 g/mol. The van der Waals surface area contributed by atoms with Gasteiger partial charge in [0, 0.05) is 48.3 Å². The molecule has 4 nitrogen and oxygen atoms in total. The molecular formula is C21H27N3O. The Hall–Kier alpha value is -1.65. The smallest absolute Gasteiger partial charge is 0.150 e. The maximum atomic E-state index is 13.2. The van der Waals surface area contributed by atoms with Crippen LogP contribution in [0.2, 0.25) is 0 Å². The van der Waals surface area contributed by atoms with Gasteiger partial charge in [-0.15, -0.1) is 0 Å². The van der Waals surface area contributed by atoms with Gasteiger partial charge in [0.15, 0.2) is 0 Å². The van der Waals surface area contributed by atoms with E-state index in [1.54, 1.807) is 0 Å². The number of carbonyl (C=O) groups is 1. The van der Waals surface area contributed by atoms with Crippen molar-refractivity contribution in [1.82, 2.24) is 14.8 Å². The molecule has 0 radical (unpaired) electrons. The van der Waals surface area contributed by atoms with Gasteiger partial charge in [0.25, 0.3) is 0 Å². The molecule has 132 valence electrons. The van der Waals surface area contributed by atoms with Crippen molar-refractivity contribution in [2.45, 2.75) is 39.8 Å². The molecule has 4 saturated heterocycles. The minimum absolute atomic E-state index is 0.142. The molecule has 0 spiro atoms. The maximum Gasteiger partial charge on any atom is 0.150 e. The van der Waals surface area contributed by atoms with E-state index in [0.29, 0.717) is 11.9 Å². The second-order valence-electron chi connectivity index (χ2n) is 8.81. The number of fused-ring (bicyclic) bond motifs is 1. The molecular weight excluding hydrogens is 310 g/mol. The van der Waals surface area contributed by atoms with Gasteiger partial charge in [-0.3, -0.25) is 14.6 Å². The number of aromatic amines is 1. The fraction of sp³-hybridized carbons (Fsp3) is 0.571. The summed E-state index contributed by atoms with van der Waals surface area (Å²) in [6.45, 7) is 10.2. The zero-order chi connectivity index (χ0) is 17.4. The standard InChI is InChI=1S/C21H27N3O/c1-4-9-21-12-23-10-20(3,19(21)25)11-24(13-21)18(23)17-14(2)22-16-8-6-5-7-15(16)17/h5-8,18,22H,4,9-13H2,1-3H3. The van der Waals surface area contributed by atoms with Gasteiger partial charge < -0.3 is 4.98 Å². The van der Waals surface area contributed by atoms with E-state index >= 15 is 0 Å².